The Kier molecular flexibility index (Phi) is 3.48. The third-order valence-corrected chi connectivity index (χ3v) is 6.08. The molecule has 1 aliphatic rings. The van der Waals surface area contributed by atoms with Crippen molar-refractivity contribution in [2.45, 2.75) is 24.7 Å². The number of aromatic amines is 1. The first-order valence-electron chi connectivity index (χ1n) is 8.98. The molecule has 0 amide bonds. The van der Waals surface area contributed by atoms with E-state index in [1.54, 1.807) is 12.3 Å². The van der Waals surface area contributed by atoms with Crippen molar-refractivity contribution in [1.82, 2.24) is 39.6 Å². The summed E-state index contributed by atoms with van der Waals surface area (Å²) in [5.74, 6) is 0.491. The van der Waals surface area contributed by atoms with Crippen molar-refractivity contribution < 1.29 is 13.2 Å². The van der Waals surface area contributed by atoms with Crippen molar-refractivity contribution in [3.05, 3.63) is 41.0 Å². The standard InChI is InChI=1S/C17H12F3N9S/c18-17(19,20)12-4-9(11-2-1-3-30-11)23-13-5-10(26-29(12)13)15-24-16-8-6-22-25-14(8)21-7-28(16)27-15/h1-3,5-7,9,12,23H,4H2,(H,22,25). The van der Waals surface area contributed by atoms with E-state index in [0.29, 0.717) is 16.7 Å². The number of alkyl halides is 3. The van der Waals surface area contributed by atoms with Crippen LogP contribution in [0.3, 0.4) is 0 Å². The zero-order valence-electron chi connectivity index (χ0n) is 15.0. The van der Waals surface area contributed by atoms with Crippen molar-refractivity contribution in [3.8, 4) is 11.5 Å². The van der Waals surface area contributed by atoms with Gasteiger partial charge in [0.1, 0.15) is 17.8 Å². The SMILES string of the molecule is FC(F)(F)C1CC(c2cccs2)Nc2cc(-c3nc4c5cn[nH]c5ncn4n3)nn21. The third-order valence-electron chi connectivity index (χ3n) is 5.09. The molecule has 0 aliphatic carbocycles. The zero-order chi connectivity index (χ0) is 20.5. The maximum Gasteiger partial charge on any atom is 0.410 e. The fourth-order valence-electron chi connectivity index (χ4n) is 3.71. The molecular formula is C17H12F3N9S. The number of fused-ring (bicyclic) bond motifs is 4. The second kappa shape index (κ2) is 6.01. The van der Waals surface area contributed by atoms with Crippen molar-refractivity contribution in [3.63, 3.8) is 0 Å². The largest absolute Gasteiger partial charge is 0.410 e. The summed E-state index contributed by atoms with van der Waals surface area (Å²) in [7, 11) is 0. The van der Waals surface area contributed by atoms with E-state index in [2.05, 4.69) is 35.7 Å². The molecule has 9 nitrogen and oxygen atoms in total. The fraction of sp³-hybridized carbons (Fsp3) is 0.235. The second-order valence-corrected chi connectivity index (χ2v) is 7.92. The molecule has 2 atom stereocenters. The van der Waals surface area contributed by atoms with Gasteiger partial charge in [-0.3, -0.25) is 5.10 Å². The molecule has 6 heterocycles. The number of hydrogen-bond donors (Lipinski definition) is 2. The van der Waals surface area contributed by atoms with Crippen molar-refractivity contribution in [1.29, 1.82) is 0 Å². The maximum atomic E-state index is 13.8. The summed E-state index contributed by atoms with van der Waals surface area (Å²) in [6, 6.07) is 3.02. The molecule has 13 heteroatoms. The molecule has 5 aromatic rings. The Labute approximate surface area is 169 Å². The molecular weight excluding hydrogens is 419 g/mol. The fourth-order valence-corrected chi connectivity index (χ4v) is 4.50. The highest BCUT2D eigenvalue weighted by molar-refractivity contribution is 7.10. The molecule has 0 saturated carbocycles. The van der Waals surface area contributed by atoms with Crippen LogP contribution in [0.4, 0.5) is 19.0 Å². The Morgan fingerprint density at radius 3 is 2.93 bits per heavy atom. The summed E-state index contributed by atoms with van der Waals surface area (Å²) >= 11 is 1.42. The number of hydrogen-bond acceptors (Lipinski definition) is 7. The lowest BCUT2D eigenvalue weighted by Crippen LogP contribution is -2.35. The van der Waals surface area contributed by atoms with Crippen molar-refractivity contribution in [2.24, 2.45) is 0 Å². The first kappa shape index (κ1) is 17.4. The molecule has 30 heavy (non-hydrogen) atoms. The second-order valence-electron chi connectivity index (χ2n) is 6.95. The van der Waals surface area contributed by atoms with Gasteiger partial charge in [0.05, 0.1) is 17.6 Å². The van der Waals surface area contributed by atoms with Crippen LogP contribution in [0.1, 0.15) is 23.4 Å². The summed E-state index contributed by atoms with van der Waals surface area (Å²) in [5, 5.41) is 20.9. The molecule has 2 unspecified atom stereocenters. The van der Waals surface area contributed by atoms with E-state index < -0.39 is 18.3 Å². The lowest BCUT2D eigenvalue weighted by molar-refractivity contribution is -0.173. The molecule has 2 N–H and O–H groups in total. The van der Waals surface area contributed by atoms with Crippen LogP contribution < -0.4 is 5.32 Å². The average Bonchev–Trinajstić information content (AvgIpc) is 3.51. The summed E-state index contributed by atoms with van der Waals surface area (Å²) in [4.78, 5) is 9.48. The maximum absolute atomic E-state index is 13.8. The number of halogens is 3. The van der Waals surface area contributed by atoms with Gasteiger partial charge in [-0.2, -0.15) is 23.4 Å². The van der Waals surface area contributed by atoms with E-state index in [1.807, 2.05) is 17.5 Å². The molecule has 5 aromatic heterocycles. The van der Waals surface area contributed by atoms with Crippen LogP contribution in [0, 0.1) is 0 Å². The van der Waals surface area contributed by atoms with E-state index >= 15 is 0 Å². The summed E-state index contributed by atoms with van der Waals surface area (Å²) in [6.45, 7) is 0. The number of H-pyrrole nitrogens is 1. The van der Waals surface area contributed by atoms with Crippen LogP contribution >= 0.6 is 11.3 Å². The quantitative estimate of drug-likeness (QED) is 0.443. The number of aromatic nitrogens is 8. The smallest absolute Gasteiger partial charge is 0.363 e. The lowest BCUT2D eigenvalue weighted by Gasteiger charge is -2.32. The minimum Gasteiger partial charge on any atom is -0.363 e. The molecule has 0 aromatic carbocycles. The van der Waals surface area contributed by atoms with Gasteiger partial charge < -0.3 is 5.32 Å². The summed E-state index contributed by atoms with van der Waals surface area (Å²) < 4.78 is 43.9. The van der Waals surface area contributed by atoms with Gasteiger partial charge in [0, 0.05) is 17.4 Å². The molecule has 1 aliphatic heterocycles. The van der Waals surface area contributed by atoms with E-state index in [1.165, 1.54) is 22.2 Å². The first-order chi connectivity index (χ1) is 14.5. The van der Waals surface area contributed by atoms with Gasteiger partial charge in [-0.25, -0.2) is 19.2 Å². The molecule has 0 fully saturated rings. The van der Waals surface area contributed by atoms with Crippen LogP contribution in [0.2, 0.25) is 0 Å². The average molecular weight is 431 g/mol. The van der Waals surface area contributed by atoms with Gasteiger partial charge in [0.25, 0.3) is 0 Å². The van der Waals surface area contributed by atoms with Crippen LogP contribution in [0.25, 0.3) is 28.2 Å². The Balaban J connectivity index is 1.46. The van der Waals surface area contributed by atoms with Gasteiger partial charge in [-0.15, -0.1) is 16.4 Å². The monoisotopic (exact) mass is 431 g/mol. The van der Waals surface area contributed by atoms with Gasteiger partial charge in [-0.05, 0) is 11.4 Å². The molecule has 0 saturated heterocycles. The molecule has 6 rings (SSSR count). The van der Waals surface area contributed by atoms with E-state index in [9.17, 15) is 13.2 Å². The molecule has 0 bridgehead atoms. The highest BCUT2D eigenvalue weighted by Crippen LogP contribution is 2.45. The lowest BCUT2D eigenvalue weighted by atomic mass is 10.0. The van der Waals surface area contributed by atoms with E-state index in [0.717, 1.165) is 9.56 Å². The topological polar surface area (TPSA) is 102 Å². The Bertz CT molecular complexity index is 1360. The number of nitrogens with zero attached hydrogens (tertiary/aromatic N) is 7. The van der Waals surface area contributed by atoms with Crippen molar-refractivity contribution in [2.75, 3.05) is 5.32 Å². The summed E-state index contributed by atoms with van der Waals surface area (Å²) in [5.41, 5.74) is 1.29. The minimum atomic E-state index is -4.44. The number of anilines is 1. The molecule has 0 spiro atoms. The number of nitrogens with one attached hydrogen (secondary N) is 2. The Hall–Kier alpha value is -3.48. The molecule has 152 valence electrons. The zero-order valence-corrected chi connectivity index (χ0v) is 15.8. The van der Waals surface area contributed by atoms with Crippen LogP contribution in [-0.4, -0.2) is 45.7 Å². The normalized spacial score (nSPS) is 19.3. The third kappa shape index (κ3) is 2.58. The van der Waals surface area contributed by atoms with Crippen LogP contribution in [0.15, 0.2) is 36.1 Å². The van der Waals surface area contributed by atoms with Crippen LogP contribution in [-0.2, 0) is 0 Å². The highest BCUT2D eigenvalue weighted by Gasteiger charge is 2.47. The van der Waals surface area contributed by atoms with Crippen molar-refractivity contribution >= 4 is 33.8 Å². The minimum absolute atomic E-state index is 0.143. The predicted molar refractivity (Wildman–Crippen MR) is 102 cm³/mol. The van der Waals surface area contributed by atoms with E-state index in [-0.39, 0.29) is 23.8 Å². The number of rotatable bonds is 2. The Morgan fingerprint density at radius 1 is 1.23 bits per heavy atom. The van der Waals surface area contributed by atoms with Gasteiger partial charge in [-0.1, -0.05) is 6.07 Å². The van der Waals surface area contributed by atoms with Gasteiger partial charge in [0.2, 0.25) is 5.82 Å². The van der Waals surface area contributed by atoms with E-state index in [4.69, 9.17) is 0 Å². The highest BCUT2D eigenvalue weighted by atomic mass is 32.1. The number of thiophene rings is 1. The van der Waals surface area contributed by atoms with Crippen LogP contribution in [0.5, 0.6) is 0 Å². The molecule has 0 radical (unpaired) electrons. The first-order valence-corrected chi connectivity index (χ1v) is 9.86. The summed E-state index contributed by atoms with van der Waals surface area (Å²) in [6.07, 6.45) is -1.54. The van der Waals surface area contributed by atoms with Gasteiger partial charge in [0.15, 0.2) is 17.3 Å². The Morgan fingerprint density at radius 2 is 2.13 bits per heavy atom. The van der Waals surface area contributed by atoms with Gasteiger partial charge >= 0.3 is 6.18 Å². The predicted octanol–water partition coefficient (Wildman–Crippen LogP) is 3.59.